The van der Waals surface area contributed by atoms with Gasteiger partial charge in [0.05, 0.1) is 6.61 Å². The van der Waals surface area contributed by atoms with Crippen molar-refractivity contribution in [1.29, 1.82) is 0 Å². The lowest BCUT2D eigenvalue weighted by molar-refractivity contribution is -0.117. The molecular formula is C14H19BrO2. The lowest BCUT2D eigenvalue weighted by atomic mass is 10.0. The van der Waals surface area contributed by atoms with Gasteiger partial charge in [-0.2, -0.15) is 0 Å². The zero-order chi connectivity index (χ0) is 12.8. The van der Waals surface area contributed by atoms with Crippen LogP contribution >= 0.6 is 15.9 Å². The van der Waals surface area contributed by atoms with Gasteiger partial charge in [-0.1, -0.05) is 29.8 Å². The first-order chi connectivity index (χ1) is 8.00. The predicted molar refractivity (Wildman–Crippen MR) is 73.6 cm³/mol. The molecule has 0 unspecified atom stereocenters. The van der Waals surface area contributed by atoms with Crippen LogP contribution < -0.4 is 4.74 Å². The Morgan fingerprint density at radius 1 is 1.41 bits per heavy atom. The monoisotopic (exact) mass is 298 g/mol. The number of ether oxygens (including phenoxy) is 1. The molecule has 94 valence electrons. The number of Topliss-reactive ketones (excluding diaryl/α,β-unsaturated/α-hetero) is 1. The third kappa shape index (κ3) is 4.90. The van der Waals surface area contributed by atoms with E-state index in [0.717, 1.165) is 16.6 Å². The van der Waals surface area contributed by atoms with Gasteiger partial charge in [0.2, 0.25) is 0 Å². The van der Waals surface area contributed by atoms with E-state index in [1.165, 1.54) is 5.56 Å². The zero-order valence-corrected chi connectivity index (χ0v) is 12.2. The highest BCUT2D eigenvalue weighted by Crippen LogP contribution is 2.29. The second-order valence-corrected chi connectivity index (χ2v) is 5.41. The van der Waals surface area contributed by atoms with E-state index in [2.05, 4.69) is 35.8 Å². The van der Waals surface area contributed by atoms with Gasteiger partial charge in [0.1, 0.15) is 11.5 Å². The summed E-state index contributed by atoms with van der Waals surface area (Å²) in [6.45, 7) is 6.49. The first kappa shape index (κ1) is 14.2. The van der Waals surface area contributed by atoms with Crippen molar-refractivity contribution in [3.63, 3.8) is 0 Å². The molecule has 2 nitrogen and oxygen atoms in total. The number of carbonyl (C=O) groups excluding carboxylic acids is 1. The molecule has 0 amide bonds. The van der Waals surface area contributed by atoms with Gasteiger partial charge < -0.3 is 9.53 Å². The van der Waals surface area contributed by atoms with E-state index in [-0.39, 0.29) is 5.78 Å². The van der Waals surface area contributed by atoms with Gasteiger partial charge >= 0.3 is 0 Å². The summed E-state index contributed by atoms with van der Waals surface area (Å²) in [7, 11) is 0. The lowest BCUT2D eigenvalue weighted by Crippen LogP contribution is -2.03. The summed E-state index contributed by atoms with van der Waals surface area (Å²) in [5, 5.41) is 0. The fraction of sp³-hybridized carbons (Fsp3) is 0.500. The summed E-state index contributed by atoms with van der Waals surface area (Å²) < 4.78 is 6.80. The van der Waals surface area contributed by atoms with E-state index < -0.39 is 0 Å². The van der Waals surface area contributed by atoms with E-state index in [0.29, 0.717) is 18.9 Å². The van der Waals surface area contributed by atoms with Gasteiger partial charge in [-0.05, 0) is 43.0 Å². The molecule has 1 aromatic carbocycles. The molecule has 0 saturated heterocycles. The van der Waals surface area contributed by atoms with Crippen molar-refractivity contribution in [3.8, 4) is 5.75 Å². The molecule has 0 aliphatic heterocycles. The Labute approximate surface area is 111 Å². The van der Waals surface area contributed by atoms with Crippen molar-refractivity contribution in [2.75, 3.05) is 6.61 Å². The van der Waals surface area contributed by atoms with Crippen LogP contribution in [-0.2, 0) is 4.79 Å². The topological polar surface area (TPSA) is 26.3 Å². The number of halogens is 1. The van der Waals surface area contributed by atoms with E-state index in [1.54, 1.807) is 6.92 Å². The Balaban J connectivity index is 2.61. The van der Waals surface area contributed by atoms with Gasteiger partial charge in [-0.25, -0.2) is 0 Å². The molecule has 0 fully saturated rings. The molecule has 0 spiro atoms. The van der Waals surface area contributed by atoms with Crippen LogP contribution in [-0.4, -0.2) is 12.4 Å². The lowest BCUT2D eigenvalue weighted by Gasteiger charge is -2.14. The molecule has 0 atom stereocenters. The zero-order valence-electron chi connectivity index (χ0n) is 10.6. The largest absolute Gasteiger partial charge is 0.493 e. The standard InChI is InChI=1S/C14H19BrO2/c1-10(2)13-9-12(15)6-7-14(13)17-8-4-5-11(3)16/h6-7,9-10H,4-5,8H2,1-3H3. The summed E-state index contributed by atoms with van der Waals surface area (Å²) >= 11 is 3.47. The van der Waals surface area contributed by atoms with Crippen LogP contribution in [0.3, 0.4) is 0 Å². The van der Waals surface area contributed by atoms with Crippen LogP contribution in [0.4, 0.5) is 0 Å². The molecular weight excluding hydrogens is 280 g/mol. The van der Waals surface area contributed by atoms with Crippen molar-refractivity contribution < 1.29 is 9.53 Å². The maximum absolute atomic E-state index is 10.8. The van der Waals surface area contributed by atoms with Gasteiger partial charge in [0.25, 0.3) is 0 Å². The quantitative estimate of drug-likeness (QED) is 0.731. The van der Waals surface area contributed by atoms with E-state index >= 15 is 0 Å². The summed E-state index contributed by atoms with van der Waals surface area (Å²) in [5.41, 5.74) is 1.20. The van der Waals surface area contributed by atoms with Gasteiger partial charge in [-0.3, -0.25) is 0 Å². The van der Waals surface area contributed by atoms with Crippen molar-refractivity contribution in [3.05, 3.63) is 28.2 Å². The van der Waals surface area contributed by atoms with Crippen LogP contribution in [0.25, 0.3) is 0 Å². The number of benzene rings is 1. The van der Waals surface area contributed by atoms with Crippen LogP contribution in [0.1, 0.15) is 45.1 Å². The minimum Gasteiger partial charge on any atom is -0.493 e. The van der Waals surface area contributed by atoms with Crippen molar-refractivity contribution in [2.45, 2.75) is 39.5 Å². The van der Waals surface area contributed by atoms with Crippen LogP contribution in [0.2, 0.25) is 0 Å². The Morgan fingerprint density at radius 3 is 2.71 bits per heavy atom. The highest BCUT2D eigenvalue weighted by molar-refractivity contribution is 9.10. The van der Waals surface area contributed by atoms with E-state index in [1.807, 2.05) is 12.1 Å². The average molecular weight is 299 g/mol. The van der Waals surface area contributed by atoms with Gasteiger partial charge in [0, 0.05) is 10.9 Å². The number of carbonyl (C=O) groups is 1. The maximum atomic E-state index is 10.8. The molecule has 0 bridgehead atoms. The Bertz CT molecular complexity index is 386. The molecule has 0 aromatic heterocycles. The molecule has 1 rings (SSSR count). The van der Waals surface area contributed by atoms with E-state index in [9.17, 15) is 4.79 Å². The van der Waals surface area contributed by atoms with Gasteiger partial charge in [-0.15, -0.1) is 0 Å². The fourth-order valence-corrected chi connectivity index (χ4v) is 1.98. The van der Waals surface area contributed by atoms with Crippen molar-refractivity contribution >= 4 is 21.7 Å². The second kappa shape index (κ2) is 6.80. The number of hydrogen-bond acceptors (Lipinski definition) is 2. The highest BCUT2D eigenvalue weighted by Gasteiger charge is 2.08. The van der Waals surface area contributed by atoms with Crippen molar-refractivity contribution in [2.24, 2.45) is 0 Å². The smallest absolute Gasteiger partial charge is 0.129 e. The molecule has 0 saturated carbocycles. The van der Waals surface area contributed by atoms with Crippen LogP contribution in [0.15, 0.2) is 22.7 Å². The Hall–Kier alpha value is -0.830. The van der Waals surface area contributed by atoms with Gasteiger partial charge in [0.15, 0.2) is 0 Å². The normalized spacial score (nSPS) is 10.6. The molecule has 3 heteroatoms. The van der Waals surface area contributed by atoms with Crippen LogP contribution in [0.5, 0.6) is 5.75 Å². The first-order valence-electron chi connectivity index (χ1n) is 5.92. The molecule has 17 heavy (non-hydrogen) atoms. The molecule has 0 radical (unpaired) electrons. The minimum atomic E-state index is 0.216. The maximum Gasteiger partial charge on any atom is 0.129 e. The second-order valence-electron chi connectivity index (χ2n) is 4.49. The van der Waals surface area contributed by atoms with Crippen molar-refractivity contribution in [1.82, 2.24) is 0 Å². The average Bonchev–Trinajstić information content (AvgIpc) is 2.25. The fourth-order valence-electron chi connectivity index (χ4n) is 1.61. The number of rotatable bonds is 6. The highest BCUT2D eigenvalue weighted by atomic mass is 79.9. The molecule has 0 heterocycles. The molecule has 0 N–H and O–H groups in total. The third-order valence-corrected chi connectivity index (χ3v) is 3.02. The Kier molecular flexibility index (Phi) is 5.69. The van der Waals surface area contributed by atoms with E-state index in [4.69, 9.17) is 4.74 Å². The first-order valence-corrected chi connectivity index (χ1v) is 6.71. The number of hydrogen-bond donors (Lipinski definition) is 0. The predicted octanol–water partition coefficient (Wildman–Crippen LogP) is 4.32. The Morgan fingerprint density at radius 2 is 2.12 bits per heavy atom. The third-order valence-electron chi connectivity index (χ3n) is 2.52. The summed E-state index contributed by atoms with van der Waals surface area (Å²) in [6.07, 6.45) is 1.37. The minimum absolute atomic E-state index is 0.216. The van der Waals surface area contributed by atoms with Crippen LogP contribution in [0, 0.1) is 0 Å². The molecule has 1 aromatic rings. The summed E-state index contributed by atoms with van der Waals surface area (Å²) in [6, 6.07) is 6.05. The summed E-state index contributed by atoms with van der Waals surface area (Å²) in [4.78, 5) is 10.8. The number of ketones is 1. The molecule has 0 aliphatic rings. The SMILES string of the molecule is CC(=O)CCCOc1ccc(Br)cc1C(C)C. The molecule has 0 aliphatic carbocycles. The summed E-state index contributed by atoms with van der Waals surface area (Å²) in [5.74, 6) is 1.57.